The molecule has 6 unspecified atom stereocenters. The lowest BCUT2D eigenvalue weighted by Crippen LogP contribution is -2.34. The highest BCUT2D eigenvalue weighted by atomic mass is 16.6. The molecule has 0 radical (unpaired) electrons. The Morgan fingerprint density at radius 2 is 0.767 bits per heavy atom. The van der Waals surface area contributed by atoms with Gasteiger partial charge in [0.05, 0.1) is 71.2 Å². The third-order valence-corrected chi connectivity index (χ3v) is 3.81. The summed E-state index contributed by atoms with van der Waals surface area (Å²) in [6.07, 6.45) is -0.386. The summed E-state index contributed by atoms with van der Waals surface area (Å²) in [7, 11) is 0. The predicted octanol–water partition coefficient (Wildman–Crippen LogP) is 0.662. The molecule has 0 aromatic rings. The van der Waals surface area contributed by atoms with E-state index in [1.165, 1.54) is 0 Å². The molecule has 0 amide bonds. The van der Waals surface area contributed by atoms with Crippen LogP contribution >= 0.6 is 0 Å². The zero-order valence-electron chi connectivity index (χ0n) is 19.9. The van der Waals surface area contributed by atoms with Gasteiger partial charge in [-0.05, 0) is 41.5 Å². The fourth-order valence-corrected chi connectivity index (χ4v) is 2.24. The largest absolute Gasteiger partial charge is 0.376 e. The van der Waals surface area contributed by atoms with Crippen molar-refractivity contribution in [3.05, 3.63) is 0 Å². The third-order valence-electron chi connectivity index (χ3n) is 3.81. The maximum absolute atomic E-state index is 5.96. The van der Waals surface area contributed by atoms with E-state index in [1.807, 2.05) is 41.5 Å². The predicted molar refractivity (Wildman–Crippen MR) is 119 cm³/mol. The van der Waals surface area contributed by atoms with Gasteiger partial charge in [-0.1, -0.05) is 0 Å². The van der Waals surface area contributed by atoms with Crippen molar-refractivity contribution in [3.63, 3.8) is 0 Å². The van der Waals surface area contributed by atoms with Gasteiger partial charge in [0.1, 0.15) is 6.10 Å². The van der Waals surface area contributed by atoms with Crippen molar-refractivity contribution < 1.29 is 28.4 Å². The minimum atomic E-state index is -0.229. The Kier molecular flexibility index (Phi) is 18.0. The second-order valence-electron chi connectivity index (χ2n) is 8.39. The van der Waals surface area contributed by atoms with E-state index in [-0.39, 0.29) is 42.5 Å². The average molecular weight is 438 g/mol. The Morgan fingerprint density at radius 3 is 1.10 bits per heavy atom. The molecule has 182 valence electrons. The summed E-state index contributed by atoms with van der Waals surface area (Å²) in [6.45, 7) is 15.2. The van der Waals surface area contributed by atoms with Crippen LogP contribution in [0.25, 0.3) is 0 Å². The van der Waals surface area contributed by atoms with Crippen LogP contribution in [-0.2, 0) is 28.4 Å². The van der Waals surface area contributed by atoms with Gasteiger partial charge in [0.2, 0.25) is 0 Å². The van der Waals surface area contributed by atoms with Crippen LogP contribution in [0.4, 0.5) is 0 Å². The lowest BCUT2D eigenvalue weighted by molar-refractivity contribution is -0.109. The number of rotatable bonds is 20. The second kappa shape index (κ2) is 18.2. The van der Waals surface area contributed by atoms with Crippen LogP contribution in [0.3, 0.4) is 0 Å². The molecule has 0 aliphatic heterocycles. The molecule has 0 fully saturated rings. The lowest BCUT2D eigenvalue weighted by Gasteiger charge is -2.23. The fraction of sp³-hybridized carbons (Fsp3) is 1.00. The topological polar surface area (TPSA) is 133 Å². The first-order valence-electron chi connectivity index (χ1n) is 11.0. The van der Waals surface area contributed by atoms with Crippen molar-refractivity contribution in [1.82, 2.24) is 0 Å². The van der Waals surface area contributed by atoms with Crippen molar-refractivity contribution in [1.29, 1.82) is 0 Å². The van der Waals surface area contributed by atoms with E-state index < -0.39 is 0 Å². The van der Waals surface area contributed by atoms with Crippen LogP contribution < -0.4 is 17.2 Å². The SMILES string of the molecule is CC(N)COC(C)COCC(COCC(C)OCC(C)N)OCC(C)OCC(C)N. The van der Waals surface area contributed by atoms with E-state index in [0.717, 1.165) is 0 Å². The Bertz CT molecular complexity index is 364. The van der Waals surface area contributed by atoms with Crippen LogP contribution in [-0.4, -0.2) is 95.4 Å². The van der Waals surface area contributed by atoms with Gasteiger partial charge in [-0.15, -0.1) is 0 Å². The Balaban J connectivity index is 4.32. The maximum Gasteiger partial charge on any atom is 0.104 e. The van der Waals surface area contributed by atoms with Gasteiger partial charge >= 0.3 is 0 Å². The van der Waals surface area contributed by atoms with Gasteiger partial charge in [-0.3, -0.25) is 0 Å². The molecule has 0 heterocycles. The average Bonchev–Trinajstić information content (AvgIpc) is 2.66. The van der Waals surface area contributed by atoms with E-state index in [0.29, 0.717) is 52.9 Å². The molecule has 0 saturated carbocycles. The quantitative estimate of drug-likeness (QED) is 0.251. The minimum absolute atomic E-state index is 0.00104. The van der Waals surface area contributed by atoms with Crippen LogP contribution in [0, 0.1) is 0 Å². The highest BCUT2D eigenvalue weighted by Gasteiger charge is 2.15. The molecule has 0 aromatic heterocycles. The molecule has 0 bridgehead atoms. The van der Waals surface area contributed by atoms with Crippen LogP contribution in [0.15, 0.2) is 0 Å². The standard InChI is InChI=1S/C21H47N3O6/c1-15(22)7-27-18(4)10-25-13-21(30-12-20(6)29-9-17(3)24)14-26-11-19(5)28-8-16(2)23/h15-21H,7-14,22-24H2,1-6H3. The fourth-order valence-electron chi connectivity index (χ4n) is 2.24. The highest BCUT2D eigenvalue weighted by molar-refractivity contribution is 4.62. The third kappa shape index (κ3) is 19.6. The van der Waals surface area contributed by atoms with Crippen molar-refractivity contribution >= 4 is 0 Å². The first-order valence-corrected chi connectivity index (χ1v) is 11.0. The minimum Gasteiger partial charge on any atom is -0.376 e. The van der Waals surface area contributed by atoms with Crippen molar-refractivity contribution in [3.8, 4) is 0 Å². The van der Waals surface area contributed by atoms with Gasteiger partial charge in [0, 0.05) is 18.1 Å². The van der Waals surface area contributed by atoms with Crippen LogP contribution in [0.1, 0.15) is 41.5 Å². The van der Waals surface area contributed by atoms with Crippen molar-refractivity contribution in [2.75, 3.05) is 52.9 Å². The molecule has 0 aliphatic carbocycles. The number of hydrogen-bond acceptors (Lipinski definition) is 9. The summed E-state index contributed by atoms with van der Waals surface area (Å²) in [4.78, 5) is 0. The molecule has 0 aromatic carbocycles. The smallest absolute Gasteiger partial charge is 0.104 e. The second-order valence-corrected chi connectivity index (χ2v) is 8.39. The first kappa shape index (κ1) is 29.6. The summed E-state index contributed by atoms with van der Waals surface area (Å²) in [5.74, 6) is 0. The summed E-state index contributed by atoms with van der Waals surface area (Å²) in [6, 6.07) is -0.00684. The van der Waals surface area contributed by atoms with E-state index in [1.54, 1.807) is 0 Å². The molecule has 9 nitrogen and oxygen atoms in total. The molecule has 6 N–H and O–H groups in total. The zero-order chi connectivity index (χ0) is 22.9. The molecule has 9 heteroatoms. The summed E-state index contributed by atoms with van der Waals surface area (Å²) >= 11 is 0. The number of hydrogen-bond donors (Lipinski definition) is 3. The van der Waals surface area contributed by atoms with E-state index in [2.05, 4.69) is 0 Å². The van der Waals surface area contributed by atoms with Crippen LogP contribution in [0.5, 0.6) is 0 Å². The Morgan fingerprint density at radius 1 is 0.433 bits per heavy atom. The molecular weight excluding hydrogens is 390 g/mol. The van der Waals surface area contributed by atoms with Gasteiger partial charge in [-0.25, -0.2) is 0 Å². The monoisotopic (exact) mass is 437 g/mol. The molecule has 0 spiro atoms. The Hall–Kier alpha value is -0.360. The van der Waals surface area contributed by atoms with E-state index in [9.17, 15) is 0 Å². The van der Waals surface area contributed by atoms with Crippen molar-refractivity contribution in [2.24, 2.45) is 17.2 Å². The normalized spacial score (nSPS) is 19.1. The molecule has 6 atom stereocenters. The van der Waals surface area contributed by atoms with Gasteiger partial charge in [-0.2, -0.15) is 0 Å². The van der Waals surface area contributed by atoms with Gasteiger partial charge in [0.15, 0.2) is 0 Å². The molecule has 30 heavy (non-hydrogen) atoms. The van der Waals surface area contributed by atoms with Gasteiger partial charge in [0.25, 0.3) is 0 Å². The molecule has 0 aliphatic rings. The van der Waals surface area contributed by atoms with E-state index >= 15 is 0 Å². The maximum atomic E-state index is 5.96. The van der Waals surface area contributed by atoms with Crippen molar-refractivity contribution in [2.45, 2.75) is 84.1 Å². The summed E-state index contributed by atoms with van der Waals surface area (Å²) in [5.41, 5.74) is 17.1. The molecule has 0 rings (SSSR count). The number of nitrogens with two attached hydrogens (primary N) is 3. The number of ether oxygens (including phenoxy) is 6. The van der Waals surface area contributed by atoms with Crippen LogP contribution in [0.2, 0.25) is 0 Å². The summed E-state index contributed by atoms with van der Waals surface area (Å²) in [5, 5.41) is 0. The highest BCUT2D eigenvalue weighted by Crippen LogP contribution is 2.03. The first-order chi connectivity index (χ1) is 14.1. The molecule has 0 saturated heterocycles. The van der Waals surface area contributed by atoms with Gasteiger partial charge < -0.3 is 45.6 Å². The lowest BCUT2D eigenvalue weighted by atomic mass is 10.3. The Labute approximate surface area is 183 Å². The van der Waals surface area contributed by atoms with E-state index in [4.69, 9.17) is 45.6 Å². The molecular formula is C21H47N3O6. The zero-order valence-corrected chi connectivity index (χ0v) is 19.9. The summed E-state index contributed by atoms with van der Waals surface area (Å²) < 4.78 is 34.4.